The molecule has 0 radical (unpaired) electrons. The van der Waals surface area contributed by atoms with Crippen molar-refractivity contribution < 1.29 is 9.53 Å². The van der Waals surface area contributed by atoms with Gasteiger partial charge in [0.25, 0.3) is 0 Å². The summed E-state index contributed by atoms with van der Waals surface area (Å²) in [5, 5.41) is 0. The molecule has 0 aliphatic heterocycles. The summed E-state index contributed by atoms with van der Waals surface area (Å²) in [7, 11) is 5.46. The average Bonchev–Trinajstić information content (AvgIpc) is 2.22. The van der Waals surface area contributed by atoms with Crippen molar-refractivity contribution in [3.8, 4) is 0 Å². The molecule has 0 aromatic carbocycles. The second kappa shape index (κ2) is 6.30. The standard InChI is InChI=1S/C12H20N2O2/c1-14(2)8-11-6-10(4-5-12(11)15)7-13-9-16-3/h8-10H,4-7H2,1-3H3. The van der Waals surface area contributed by atoms with E-state index in [-0.39, 0.29) is 5.78 Å². The minimum absolute atomic E-state index is 0.278. The first-order chi connectivity index (χ1) is 7.63. The van der Waals surface area contributed by atoms with Gasteiger partial charge in [-0.1, -0.05) is 0 Å². The number of hydrogen-bond donors (Lipinski definition) is 0. The summed E-state index contributed by atoms with van der Waals surface area (Å²) in [6, 6.07) is 0. The molecule has 1 unspecified atom stereocenters. The maximum absolute atomic E-state index is 11.6. The van der Waals surface area contributed by atoms with Crippen LogP contribution in [0, 0.1) is 5.92 Å². The summed E-state index contributed by atoms with van der Waals surface area (Å²) in [5.74, 6) is 0.746. The summed E-state index contributed by atoms with van der Waals surface area (Å²) in [6.45, 7) is 0.742. The van der Waals surface area contributed by atoms with E-state index in [4.69, 9.17) is 4.74 Å². The van der Waals surface area contributed by atoms with Crippen LogP contribution in [0.1, 0.15) is 19.3 Å². The first kappa shape index (κ1) is 12.7. The Balaban J connectivity index is 2.54. The van der Waals surface area contributed by atoms with Gasteiger partial charge in [-0.3, -0.25) is 9.79 Å². The van der Waals surface area contributed by atoms with Crippen LogP contribution < -0.4 is 0 Å². The third kappa shape index (κ3) is 4.04. The zero-order chi connectivity index (χ0) is 12.0. The fraction of sp³-hybridized carbons (Fsp3) is 0.667. The van der Waals surface area contributed by atoms with Crippen molar-refractivity contribution in [1.29, 1.82) is 0 Å². The van der Waals surface area contributed by atoms with Gasteiger partial charge in [0.1, 0.15) is 0 Å². The van der Waals surface area contributed by atoms with Crippen molar-refractivity contribution in [2.45, 2.75) is 19.3 Å². The van der Waals surface area contributed by atoms with Gasteiger partial charge in [0.2, 0.25) is 0 Å². The number of carbonyl (C=O) groups is 1. The molecule has 1 rings (SSSR count). The molecule has 1 saturated carbocycles. The van der Waals surface area contributed by atoms with Crippen LogP contribution in [0.2, 0.25) is 0 Å². The van der Waals surface area contributed by atoms with E-state index in [2.05, 4.69) is 4.99 Å². The Morgan fingerprint density at radius 2 is 2.31 bits per heavy atom. The zero-order valence-electron chi connectivity index (χ0n) is 10.3. The fourth-order valence-corrected chi connectivity index (χ4v) is 1.88. The van der Waals surface area contributed by atoms with Crippen LogP contribution in [0.5, 0.6) is 0 Å². The van der Waals surface area contributed by atoms with Gasteiger partial charge in [-0.2, -0.15) is 0 Å². The number of ether oxygens (including phenoxy) is 1. The Kier molecular flexibility index (Phi) is 5.02. The van der Waals surface area contributed by atoms with E-state index in [9.17, 15) is 4.79 Å². The molecular formula is C12H20N2O2. The van der Waals surface area contributed by atoms with E-state index >= 15 is 0 Å². The third-order valence-electron chi connectivity index (χ3n) is 2.60. The lowest BCUT2D eigenvalue weighted by atomic mass is 9.85. The predicted octanol–water partition coefficient (Wildman–Crippen LogP) is 1.48. The molecular weight excluding hydrogens is 204 g/mol. The molecule has 0 aromatic rings. The Labute approximate surface area is 97.0 Å². The summed E-state index contributed by atoms with van der Waals surface area (Å²) < 4.78 is 4.76. The van der Waals surface area contributed by atoms with Crippen LogP contribution >= 0.6 is 0 Å². The Morgan fingerprint density at radius 3 is 2.94 bits per heavy atom. The number of ketones is 1. The SMILES string of the molecule is COC=NCC1CCC(=O)C(=CN(C)C)C1. The van der Waals surface area contributed by atoms with Gasteiger partial charge < -0.3 is 9.64 Å². The van der Waals surface area contributed by atoms with Crippen LogP contribution in [0.3, 0.4) is 0 Å². The number of nitrogens with zero attached hydrogens (tertiary/aromatic N) is 2. The predicted molar refractivity (Wildman–Crippen MR) is 64.5 cm³/mol. The topological polar surface area (TPSA) is 41.9 Å². The monoisotopic (exact) mass is 224 g/mol. The lowest BCUT2D eigenvalue weighted by Gasteiger charge is -2.22. The molecule has 0 aromatic heterocycles. The van der Waals surface area contributed by atoms with Crippen LogP contribution in [0.15, 0.2) is 16.8 Å². The summed E-state index contributed by atoms with van der Waals surface area (Å²) in [4.78, 5) is 17.7. The molecule has 0 spiro atoms. The number of methoxy groups -OCH3 is 1. The lowest BCUT2D eigenvalue weighted by Crippen LogP contribution is -2.21. The van der Waals surface area contributed by atoms with E-state index < -0.39 is 0 Å². The molecule has 16 heavy (non-hydrogen) atoms. The van der Waals surface area contributed by atoms with Crippen LogP contribution in [0.25, 0.3) is 0 Å². The number of carbonyl (C=O) groups excluding carboxylic acids is 1. The van der Waals surface area contributed by atoms with Crippen molar-refractivity contribution in [3.05, 3.63) is 11.8 Å². The van der Waals surface area contributed by atoms with E-state index in [1.807, 2.05) is 25.2 Å². The average molecular weight is 224 g/mol. The van der Waals surface area contributed by atoms with Crippen LogP contribution in [0.4, 0.5) is 0 Å². The maximum atomic E-state index is 11.6. The third-order valence-corrected chi connectivity index (χ3v) is 2.60. The summed E-state index contributed by atoms with van der Waals surface area (Å²) >= 11 is 0. The zero-order valence-corrected chi connectivity index (χ0v) is 10.3. The molecule has 0 amide bonds. The van der Waals surface area contributed by atoms with Gasteiger partial charge in [-0.15, -0.1) is 0 Å². The smallest absolute Gasteiger partial charge is 0.168 e. The maximum Gasteiger partial charge on any atom is 0.168 e. The second-order valence-corrected chi connectivity index (χ2v) is 4.36. The van der Waals surface area contributed by atoms with Crippen LogP contribution in [-0.4, -0.2) is 44.8 Å². The number of hydrogen-bond acceptors (Lipinski definition) is 4. The lowest BCUT2D eigenvalue weighted by molar-refractivity contribution is -0.117. The largest absolute Gasteiger partial charge is 0.487 e. The molecule has 0 saturated heterocycles. The molecule has 1 aliphatic rings. The summed E-state index contributed by atoms with van der Waals surface area (Å²) in [6.07, 6.45) is 5.80. The van der Waals surface area contributed by atoms with E-state index in [1.54, 1.807) is 7.11 Å². The molecule has 0 bridgehead atoms. The molecule has 1 atom stereocenters. The van der Waals surface area contributed by atoms with Gasteiger partial charge in [0, 0.05) is 38.8 Å². The van der Waals surface area contributed by atoms with Crippen molar-refractivity contribution >= 4 is 12.2 Å². The first-order valence-electron chi connectivity index (χ1n) is 5.55. The molecule has 0 N–H and O–H groups in total. The highest BCUT2D eigenvalue weighted by Gasteiger charge is 2.23. The van der Waals surface area contributed by atoms with Gasteiger partial charge in [0.05, 0.1) is 7.11 Å². The minimum atomic E-state index is 0.278. The molecule has 0 heterocycles. The highest BCUT2D eigenvalue weighted by atomic mass is 16.5. The van der Waals surface area contributed by atoms with Gasteiger partial charge in [-0.05, 0) is 18.8 Å². The fourth-order valence-electron chi connectivity index (χ4n) is 1.88. The van der Waals surface area contributed by atoms with Crippen molar-refractivity contribution in [2.75, 3.05) is 27.7 Å². The highest BCUT2D eigenvalue weighted by molar-refractivity contribution is 5.95. The number of Topliss-reactive ketones (excluding diaryl/α,β-unsaturated/α-hetero) is 1. The number of allylic oxidation sites excluding steroid dienone is 1. The van der Waals surface area contributed by atoms with Crippen molar-refractivity contribution in [3.63, 3.8) is 0 Å². The van der Waals surface area contributed by atoms with Crippen LogP contribution in [-0.2, 0) is 9.53 Å². The Morgan fingerprint density at radius 1 is 1.56 bits per heavy atom. The van der Waals surface area contributed by atoms with Gasteiger partial charge >= 0.3 is 0 Å². The van der Waals surface area contributed by atoms with Crippen molar-refractivity contribution in [2.24, 2.45) is 10.9 Å². The Hall–Kier alpha value is -1.32. The number of aliphatic imine (C=N–C) groups is 1. The molecule has 90 valence electrons. The van der Waals surface area contributed by atoms with E-state index in [0.717, 1.165) is 25.0 Å². The molecule has 1 fully saturated rings. The molecule has 1 aliphatic carbocycles. The van der Waals surface area contributed by atoms with Gasteiger partial charge in [0.15, 0.2) is 12.2 Å². The van der Waals surface area contributed by atoms with E-state index in [1.165, 1.54) is 6.40 Å². The highest BCUT2D eigenvalue weighted by Crippen LogP contribution is 2.26. The molecule has 4 heteroatoms. The van der Waals surface area contributed by atoms with Gasteiger partial charge in [-0.25, -0.2) is 0 Å². The normalized spacial score (nSPS) is 24.1. The molecule has 4 nitrogen and oxygen atoms in total. The van der Waals surface area contributed by atoms with E-state index in [0.29, 0.717) is 12.3 Å². The number of rotatable bonds is 4. The minimum Gasteiger partial charge on any atom is -0.487 e. The Bertz CT molecular complexity index is 295. The summed E-state index contributed by atoms with van der Waals surface area (Å²) in [5.41, 5.74) is 0.925. The quantitative estimate of drug-likeness (QED) is 0.412. The second-order valence-electron chi connectivity index (χ2n) is 4.36. The van der Waals surface area contributed by atoms with Crippen molar-refractivity contribution in [1.82, 2.24) is 4.90 Å². The first-order valence-corrected chi connectivity index (χ1v) is 5.55.